The molecule has 0 unspecified atom stereocenters. The summed E-state index contributed by atoms with van der Waals surface area (Å²) in [6, 6.07) is 7.32. The molecule has 1 heterocycles. The van der Waals surface area contributed by atoms with E-state index in [9.17, 15) is 5.11 Å². The number of guanidine groups is 1. The molecule has 25 heavy (non-hydrogen) atoms. The minimum Gasteiger partial charge on any atom is -0.504 e. The summed E-state index contributed by atoms with van der Waals surface area (Å²) in [5, 5.41) is 20.8. The van der Waals surface area contributed by atoms with E-state index in [2.05, 4.69) is 20.7 Å². The Bertz CT molecular complexity index is 646. The summed E-state index contributed by atoms with van der Waals surface area (Å²) in [5.41, 5.74) is 0.725. The van der Waals surface area contributed by atoms with E-state index in [0.717, 1.165) is 37.6 Å². The average molecular weight is 459 g/mol. The molecule has 0 amide bonds. The first-order chi connectivity index (χ1) is 11.7. The zero-order chi connectivity index (χ0) is 17.2. The van der Waals surface area contributed by atoms with Crippen LogP contribution >= 0.6 is 24.0 Å². The smallest absolute Gasteiger partial charge is 0.191 e. The summed E-state index contributed by atoms with van der Waals surface area (Å²) in [7, 11) is 1.54. The molecule has 1 aromatic carbocycles. The number of methoxy groups -OCH3 is 1. The van der Waals surface area contributed by atoms with Gasteiger partial charge in [0.2, 0.25) is 0 Å². The molecule has 0 radical (unpaired) electrons. The third kappa shape index (κ3) is 6.81. The highest BCUT2D eigenvalue weighted by Gasteiger charge is 2.07. The van der Waals surface area contributed by atoms with E-state index in [-0.39, 0.29) is 29.7 Å². The second-order valence-corrected chi connectivity index (χ2v) is 5.21. The number of para-hydroxylation sites is 1. The van der Waals surface area contributed by atoms with Crippen LogP contribution < -0.4 is 15.4 Å². The van der Waals surface area contributed by atoms with Gasteiger partial charge in [0.1, 0.15) is 0 Å². The summed E-state index contributed by atoms with van der Waals surface area (Å²) in [4.78, 5) is 4.51. The maximum Gasteiger partial charge on any atom is 0.191 e. The second kappa shape index (κ2) is 11.6. The number of benzene rings is 1. The number of halogens is 1. The van der Waals surface area contributed by atoms with Crippen LogP contribution in [-0.2, 0) is 13.1 Å². The van der Waals surface area contributed by atoms with Gasteiger partial charge in [-0.2, -0.15) is 5.10 Å². The van der Waals surface area contributed by atoms with Crippen LogP contribution in [0.5, 0.6) is 11.5 Å². The Morgan fingerprint density at radius 2 is 2.16 bits per heavy atom. The van der Waals surface area contributed by atoms with Gasteiger partial charge in [0, 0.05) is 37.6 Å². The largest absolute Gasteiger partial charge is 0.504 e. The SMILES string of the molecule is CCNC(=NCc1cccc(OC)c1O)NCCCn1cccn1.I. The third-order valence-corrected chi connectivity index (χ3v) is 3.47. The number of ether oxygens (including phenoxy) is 1. The van der Waals surface area contributed by atoms with Crippen molar-refractivity contribution in [1.82, 2.24) is 20.4 Å². The lowest BCUT2D eigenvalue weighted by Crippen LogP contribution is -2.38. The third-order valence-electron chi connectivity index (χ3n) is 3.47. The normalized spacial score (nSPS) is 10.9. The Kier molecular flexibility index (Phi) is 9.75. The predicted octanol–water partition coefficient (Wildman–Crippen LogP) is 2.36. The van der Waals surface area contributed by atoms with Crippen LogP contribution in [0.1, 0.15) is 18.9 Å². The Morgan fingerprint density at radius 3 is 2.84 bits per heavy atom. The van der Waals surface area contributed by atoms with Crippen molar-refractivity contribution in [3.8, 4) is 11.5 Å². The number of phenols is 1. The molecule has 0 saturated heterocycles. The van der Waals surface area contributed by atoms with Gasteiger partial charge in [0.25, 0.3) is 0 Å². The summed E-state index contributed by atoms with van der Waals surface area (Å²) < 4.78 is 7.02. The van der Waals surface area contributed by atoms with Gasteiger partial charge in [-0.3, -0.25) is 4.68 Å². The van der Waals surface area contributed by atoms with Gasteiger partial charge in [-0.25, -0.2) is 4.99 Å². The fourth-order valence-corrected chi connectivity index (χ4v) is 2.25. The first-order valence-electron chi connectivity index (χ1n) is 8.09. The zero-order valence-corrected chi connectivity index (χ0v) is 16.9. The van der Waals surface area contributed by atoms with Gasteiger partial charge >= 0.3 is 0 Å². The number of rotatable bonds is 8. The van der Waals surface area contributed by atoms with Crippen molar-refractivity contribution in [3.05, 3.63) is 42.2 Å². The molecule has 0 bridgehead atoms. The highest BCUT2D eigenvalue weighted by atomic mass is 127. The second-order valence-electron chi connectivity index (χ2n) is 5.21. The molecule has 8 heteroatoms. The molecule has 0 aliphatic rings. The standard InChI is InChI=1S/C17H25N5O2.HI/c1-3-18-17(19-9-5-11-22-12-6-10-21-22)20-13-14-7-4-8-15(24-2)16(14)23;/h4,6-8,10,12,23H,3,5,9,11,13H2,1-2H3,(H2,18,19,20);1H. The summed E-state index contributed by atoms with van der Waals surface area (Å²) in [6.07, 6.45) is 4.67. The van der Waals surface area contributed by atoms with Gasteiger partial charge in [0.05, 0.1) is 13.7 Å². The molecule has 2 rings (SSSR count). The molecule has 3 N–H and O–H groups in total. The fourth-order valence-electron chi connectivity index (χ4n) is 2.25. The lowest BCUT2D eigenvalue weighted by Gasteiger charge is -2.12. The van der Waals surface area contributed by atoms with Crippen LogP contribution in [0.2, 0.25) is 0 Å². The van der Waals surface area contributed by atoms with Crippen molar-refractivity contribution >= 4 is 29.9 Å². The summed E-state index contributed by atoms with van der Waals surface area (Å²) >= 11 is 0. The molecule has 2 aromatic rings. The molecular weight excluding hydrogens is 433 g/mol. The number of hydrogen-bond donors (Lipinski definition) is 3. The molecule has 0 fully saturated rings. The van der Waals surface area contributed by atoms with E-state index in [1.165, 1.54) is 7.11 Å². The highest BCUT2D eigenvalue weighted by Crippen LogP contribution is 2.29. The summed E-state index contributed by atoms with van der Waals surface area (Å²) in [6.45, 7) is 4.81. The lowest BCUT2D eigenvalue weighted by molar-refractivity contribution is 0.370. The van der Waals surface area contributed by atoms with Gasteiger partial charge in [-0.15, -0.1) is 24.0 Å². The number of phenolic OH excluding ortho intramolecular Hbond substituents is 1. The maximum absolute atomic E-state index is 10.1. The minimum absolute atomic E-state index is 0. The van der Waals surface area contributed by atoms with Crippen LogP contribution in [-0.4, -0.2) is 41.0 Å². The molecular formula is C17H26IN5O2. The van der Waals surface area contributed by atoms with Gasteiger partial charge in [0.15, 0.2) is 17.5 Å². The number of aryl methyl sites for hydroxylation is 1. The van der Waals surface area contributed by atoms with Crippen LogP contribution in [0.25, 0.3) is 0 Å². The molecule has 7 nitrogen and oxygen atoms in total. The monoisotopic (exact) mass is 459 g/mol. The van der Waals surface area contributed by atoms with Gasteiger partial charge in [-0.1, -0.05) is 12.1 Å². The number of aliphatic imine (C=N–C) groups is 1. The van der Waals surface area contributed by atoms with Crippen LogP contribution in [0.4, 0.5) is 0 Å². The van der Waals surface area contributed by atoms with E-state index < -0.39 is 0 Å². The Balaban J connectivity index is 0.00000312. The highest BCUT2D eigenvalue weighted by molar-refractivity contribution is 14.0. The molecule has 0 saturated carbocycles. The van der Waals surface area contributed by atoms with E-state index in [4.69, 9.17) is 4.74 Å². The van der Waals surface area contributed by atoms with E-state index in [0.29, 0.717) is 12.3 Å². The van der Waals surface area contributed by atoms with Crippen LogP contribution in [0.15, 0.2) is 41.7 Å². The van der Waals surface area contributed by atoms with Crippen molar-refractivity contribution in [2.75, 3.05) is 20.2 Å². The number of hydrogen-bond acceptors (Lipinski definition) is 4. The lowest BCUT2D eigenvalue weighted by atomic mass is 10.2. The Morgan fingerprint density at radius 1 is 1.32 bits per heavy atom. The number of aromatic nitrogens is 2. The molecule has 0 aliphatic heterocycles. The van der Waals surface area contributed by atoms with Crippen LogP contribution in [0, 0.1) is 0 Å². The van der Waals surface area contributed by atoms with Crippen molar-refractivity contribution in [2.45, 2.75) is 26.4 Å². The summed E-state index contributed by atoms with van der Waals surface area (Å²) in [5.74, 6) is 1.32. The van der Waals surface area contributed by atoms with Gasteiger partial charge < -0.3 is 20.5 Å². The molecule has 0 aliphatic carbocycles. The zero-order valence-electron chi connectivity index (χ0n) is 14.6. The fraction of sp³-hybridized carbons (Fsp3) is 0.412. The van der Waals surface area contributed by atoms with Gasteiger partial charge in [-0.05, 0) is 25.5 Å². The van der Waals surface area contributed by atoms with E-state index in [1.807, 2.05) is 36.0 Å². The quantitative estimate of drug-likeness (QED) is 0.244. The first-order valence-corrected chi connectivity index (χ1v) is 8.09. The number of aromatic hydroxyl groups is 1. The van der Waals surface area contributed by atoms with E-state index in [1.54, 1.807) is 12.3 Å². The maximum atomic E-state index is 10.1. The topological polar surface area (TPSA) is 83.7 Å². The first kappa shape index (κ1) is 21.1. The predicted molar refractivity (Wildman–Crippen MR) is 110 cm³/mol. The van der Waals surface area contributed by atoms with E-state index >= 15 is 0 Å². The molecule has 0 atom stereocenters. The number of nitrogens with zero attached hydrogens (tertiary/aromatic N) is 3. The molecule has 0 spiro atoms. The Labute approximate surface area is 165 Å². The van der Waals surface area contributed by atoms with Crippen LogP contribution in [0.3, 0.4) is 0 Å². The van der Waals surface area contributed by atoms with Crippen molar-refractivity contribution < 1.29 is 9.84 Å². The Hall–Kier alpha value is -1.97. The average Bonchev–Trinajstić information content (AvgIpc) is 3.11. The van der Waals surface area contributed by atoms with Crippen molar-refractivity contribution in [3.63, 3.8) is 0 Å². The van der Waals surface area contributed by atoms with Crippen molar-refractivity contribution in [2.24, 2.45) is 4.99 Å². The molecule has 138 valence electrons. The minimum atomic E-state index is 0. The molecule has 1 aromatic heterocycles. The van der Waals surface area contributed by atoms with Crippen molar-refractivity contribution in [1.29, 1.82) is 0 Å². The number of nitrogens with one attached hydrogen (secondary N) is 2.